The number of aromatic amines is 1. The van der Waals surface area contributed by atoms with Crippen molar-refractivity contribution in [3.05, 3.63) is 18.5 Å². The summed E-state index contributed by atoms with van der Waals surface area (Å²) in [5, 5.41) is 7.68. The van der Waals surface area contributed by atoms with Crippen LogP contribution in [0.15, 0.2) is 18.5 Å². The summed E-state index contributed by atoms with van der Waals surface area (Å²) in [7, 11) is 0. The number of pyridine rings is 1. The molecule has 3 nitrogen and oxygen atoms in total. The van der Waals surface area contributed by atoms with Gasteiger partial charge in [-0.1, -0.05) is 0 Å². The van der Waals surface area contributed by atoms with Crippen LogP contribution in [-0.4, -0.2) is 32.0 Å². The Morgan fingerprint density at radius 1 is 1.40 bits per heavy atom. The van der Waals surface area contributed by atoms with Crippen LogP contribution in [0.25, 0.3) is 11.0 Å². The van der Waals surface area contributed by atoms with E-state index in [1.165, 1.54) is 0 Å². The molecule has 0 amide bonds. The number of hydrogen-bond donors (Lipinski definition) is 1. The van der Waals surface area contributed by atoms with Crippen molar-refractivity contribution in [2.24, 2.45) is 0 Å². The van der Waals surface area contributed by atoms with E-state index in [4.69, 9.17) is 0 Å². The average molecular weight is 193 g/mol. The predicted molar refractivity (Wildman–Crippen MR) is 39.3 cm³/mol. The van der Waals surface area contributed by atoms with Gasteiger partial charge in [-0.15, -0.1) is 0 Å². The van der Waals surface area contributed by atoms with Gasteiger partial charge in [0, 0.05) is 0 Å². The summed E-state index contributed by atoms with van der Waals surface area (Å²) in [4.78, 5) is 4.11. The Bertz CT molecular complexity index is 355. The van der Waals surface area contributed by atoms with Crippen molar-refractivity contribution in [1.29, 1.82) is 0 Å². The summed E-state index contributed by atoms with van der Waals surface area (Å²) < 4.78 is 1.10. The van der Waals surface area contributed by atoms with Gasteiger partial charge in [-0.05, 0) is 0 Å². The number of H-pyrrole nitrogens is 1. The Labute approximate surface area is 66.4 Å². The molecular formula is C6H4AsN3. The summed E-state index contributed by atoms with van der Waals surface area (Å²) >= 11 is 2.45. The van der Waals surface area contributed by atoms with Crippen molar-refractivity contribution in [1.82, 2.24) is 15.2 Å². The molecule has 0 bridgehead atoms. The van der Waals surface area contributed by atoms with Crippen LogP contribution in [0.1, 0.15) is 0 Å². The fourth-order valence-electron chi connectivity index (χ4n) is 0.825. The molecule has 0 fully saturated rings. The summed E-state index contributed by atoms with van der Waals surface area (Å²) in [5.41, 5.74) is 0.842. The second-order valence-corrected chi connectivity index (χ2v) is 3.08. The summed E-state index contributed by atoms with van der Waals surface area (Å²) in [6, 6.07) is 2.02. The first-order valence-corrected chi connectivity index (χ1v) is 3.78. The molecule has 2 heterocycles. The van der Waals surface area contributed by atoms with Gasteiger partial charge in [0.1, 0.15) is 0 Å². The molecule has 1 N–H and O–H groups in total. The van der Waals surface area contributed by atoms with Crippen molar-refractivity contribution in [2.75, 3.05) is 0 Å². The van der Waals surface area contributed by atoms with Crippen LogP contribution < -0.4 is 4.35 Å². The van der Waals surface area contributed by atoms with E-state index in [9.17, 15) is 0 Å². The number of nitrogens with one attached hydrogen (secondary N) is 1. The van der Waals surface area contributed by atoms with Gasteiger partial charge in [0.15, 0.2) is 0 Å². The predicted octanol–water partition coefficient (Wildman–Crippen LogP) is -0.248. The first kappa shape index (κ1) is 5.93. The van der Waals surface area contributed by atoms with Crippen molar-refractivity contribution < 1.29 is 0 Å². The maximum absolute atomic E-state index is 4.11. The van der Waals surface area contributed by atoms with Crippen LogP contribution in [0.4, 0.5) is 0 Å². The fourth-order valence-corrected chi connectivity index (χ4v) is 1.24. The van der Waals surface area contributed by atoms with Crippen LogP contribution in [-0.2, 0) is 0 Å². The van der Waals surface area contributed by atoms with E-state index in [-0.39, 0.29) is 0 Å². The van der Waals surface area contributed by atoms with E-state index < -0.39 is 0 Å². The number of aromatic nitrogens is 3. The molecule has 48 valence electrons. The van der Waals surface area contributed by atoms with Crippen molar-refractivity contribution in [2.45, 2.75) is 0 Å². The van der Waals surface area contributed by atoms with Gasteiger partial charge in [0.2, 0.25) is 0 Å². The molecule has 2 radical (unpaired) electrons. The first-order chi connectivity index (χ1) is 4.86. The molecule has 10 heavy (non-hydrogen) atoms. The van der Waals surface area contributed by atoms with E-state index in [2.05, 4.69) is 32.0 Å². The zero-order chi connectivity index (χ0) is 6.97. The van der Waals surface area contributed by atoms with Crippen molar-refractivity contribution in [3.8, 4) is 0 Å². The fraction of sp³-hybridized carbons (Fsp3) is 0. The quantitative estimate of drug-likeness (QED) is 0.586. The van der Waals surface area contributed by atoms with E-state index in [1.807, 2.05) is 6.07 Å². The molecule has 0 aliphatic heterocycles. The molecule has 0 spiro atoms. The molecule has 4 heteroatoms. The van der Waals surface area contributed by atoms with Crippen LogP contribution in [0.3, 0.4) is 0 Å². The Morgan fingerprint density at radius 2 is 2.30 bits per heavy atom. The standard InChI is InChI=1S/C6H4AsN3/c7-5-1-4-2-9-10-6(4)8-3-5/h1-3H,(H,8,9,10). The normalized spacial score (nSPS) is 10.5. The van der Waals surface area contributed by atoms with Crippen molar-refractivity contribution in [3.63, 3.8) is 0 Å². The van der Waals surface area contributed by atoms with E-state index >= 15 is 0 Å². The third-order valence-electron chi connectivity index (χ3n) is 1.28. The topological polar surface area (TPSA) is 41.6 Å². The molecule has 0 aliphatic carbocycles. The van der Waals surface area contributed by atoms with Crippen LogP contribution in [0, 0.1) is 0 Å². The Balaban J connectivity index is 2.86. The number of nitrogens with zero attached hydrogens (tertiary/aromatic N) is 2. The molecule has 0 atom stereocenters. The van der Waals surface area contributed by atoms with Gasteiger partial charge >= 0.3 is 65.9 Å². The molecule has 0 aromatic carbocycles. The zero-order valence-electron chi connectivity index (χ0n) is 5.07. The summed E-state index contributed by atoms with van der Waals surface area (Å²) in [6.45, 7) is 0. The molecule has 2 rings (SSSR count). The number of rotatable bonds is 0. The maximum atomic E-state index is 4.11. The third-order valence-corrected chi connectivity index (χ3v) is 1.79. The van der Waals surface area contributed by atoms with Crippen molar-refractivity contribution >= 4 is 32.2 Å². The zero-order valence-corrected chi connectivity index (χ0v) is 6.95. The van der Waals surface area contributed by atoms with Crippen LogP contribution in [0.5, 0.6) is 0 Å². The summed E-state index contributed by atoms with van der Waals surface area (Å²) in [5.74, 6) is 0. The van der Waals surface area contributed by atoms with Gasteiger partial charge in [-0.25, -0.2) is 0 Å². The van der Waals surface area contributed by atoms with E-state index in [0.717, 1.165) is 15.4 Å². The van der Waals surface area contributed by atoms with Gasteiger partial charge in [-0.2, -0.15) is 0 Å². The number of hydrogen-bond acceptors (Lipinski definition) is 2. The minimum atomic E-state index is 0.842. The molecule has 2 aromatic rings. The van der Waals surface area contributed by atoms with Crippen LogP contribution >= 0.6 is 0 Å². The van der Waals surface area contributed by atoms with E-state index in [1.54, 1.807) is 12.4 Å². The minimum absolute atomic E-state index is 0.842. The van der Waals surface area contributed by atoms with Gasteiger partial charge in [0.25, 0.3) is 0 Å². The molecule has 0 aliphatic rings. The molecule has 0 saturated carbocycles. The monoisotopic (exact) mass is 193 g/mol. The SMILES string of the molecule is [As]c1cnc2[nH]ncc2c1. The molecule has 2 aromatic heterocycles. The van der Waals surface area contributed by atoms with Gasteiger partial charge in [-0.3, -0.25) is 0 Å². The number of fused-ring (bicyclic) bond motifs is 1. The summed E-state index contributed by atoms with van der Waals surface area (Å²) in [6.07, 6.45) is 3.56. The van der Waals surface area contributed by atoms with E-state index in [0.29, 0.717) is 0 Å². The molecular weight excluding hydrogens is 189 g/mol. The third kappa shape index (κ3) is 0.829. The first-order valence-electron chi connectivity index (χ1n) is 2.84. The Morgan fingerprint density at radius 3 is 3.20 bits per heavy atom. The molecule has 0 unspecified atom stereocenters. The Kier molecular flexibility index (Phi) is 1.24. The second kappa shape index (κ2) is 2.10. The van der Waals surface area contributed by atoms with Gasteiger partial charge in [0.05, 0.1) is 0 Å². The van der Waals surface area contributed by atoms with Gasteiger partial charge < -0.3 is 0 Å². The Hall–Kier alpha value is -0.822. The molecule has 0 saturated heterocycles. The van der Waals surface area contributed by atoms with Crippen LogP contribution in [0.2, 0.25) is 0 Å². The average Bonchev–Trinajstić information content (AvgIpc) is 2.33. The second-order valence-electron chi connectivity index (χ2n) is 2.00.